The standard InChI is InChI=1S/C18H22ClN5O2/c1-13-2-3-14(10-15(13)19)23-18(25)16-11-17(22-12-21-16)20-4-5-24-6-8-26-9-7-24/h2-3,10-12H,4-9H2,1H3,(H,23,25)(H,20,21,22). The number of benzene rings is 1. The first-order valence-electron chi connectivity index (χ1n) is 8.55. The first-order chi connectivity index (χ1) is 12.6. The van der Waals surface area contributed by atoms with Crippen LogP contribution >= 0.6 is 11.6 Å². The fourth-order valence-corrected chi connectivity index (χ4v) is 2.79. The van der Waals surface area contributed by atoms with Crippen LogP contribution in [-0.2, 0) is 4.74 Å². The van der Waals surface area contributed by atoms with Gasteiger partial charge >= 0.3 is 0 Å². The third-order valence-corrected chi connectivity index (χ3v) is 4.57. The summed E-state index contributed by atoms with van der Waals surface area (Å²) in [6.45, 7) is 6.99. The second-order valence-corrected chi connectivity index (χ2v) is 6.49. The predicted molar refractivity (Wildman–Crippen MR) is 102 cm³/mol. The molecule has 0 bridgehead atoms. The fraction of sp³-hybridized carbons (Fsp3) is 0.389. The van der Waals surface area contributed by atoms with Crippen LogP contribution in [0.25, 0.3) is 0 Å². The molecule has 1 saturated heterocycles. The van der Waals surface area contributed by atoms with Crippen molar-refractivity contribution in [1.29, 1.82) is 0 Å². The third-order valence-electron chi connectivity index (χ3n) is 4.17. The van der Waals surface area contributed by atoms with Crippen LogP contribution in [0.2, 0.25) is 5.02 Å². The molecule has 2 N–H and O–H groups in total. The maximum absolute atomic E-state index is 12.4. The minimum Gasteiger partial charge on any atom is -0.379 e. The second kappa shape index (κ2) is 8.93. The number of halogens is 1. The van der Waals surface area contributed by atoms with E-state index in [0.29, 0.717) is 22.2 Å². The number of carbonyl (C=O) groups is 1. The monoisotopic (exact) mass is 375 g/mol. The van der Waals surface area contributed by atoms with E-state index in [1.54, 1.807) is 12.1 Å². The van der Waals surface area contributed by atoms with Crippen LogP contribution in [0.4, 0.5) is 11.5 Å². The maximum Gasteiger partial charge on any atom is 0.274 e. The van der Waals surface area contributed by atoms with Gasteiger partial charge in [0, 0.05) is 43.0 Å². The smallest absolute Gasteiger partial charge is 0.274 e. The van der Waals surface area contributed by atoms with E-state index in [9.17, 15) is 4.79 Å². The van der Waals surface area contributed by atoms with Crippen LogP contribution in [0.1, 0.15) is 16.1 Å². The summed E-state index contributed by atoms with van der Waals surface area (Å²) >= 11 is 6.09. The number of nitrogens with one attached hydrogen (secondary N) is 2. The number of nitrogens with zero attached hydrogens (tertiary/aromatic N) is 3. The number of morpholine rings is 1. The highest BCUT2D eigenvalue weighted by Gasteiger charge is 2.11. The number of ether oxygens (including phenoxy) is 1. The Labute approximate surface area is 157 Å². The maximum atomic E-state index is 12.4. The fourth-order valence-electron chi connectivity index (χ4n) is 2.61. The highest BCUT2D eigenvalue weighted by atomic mass is 35.5. The third kappa shape index (κ3) is 5.14. The van der Waals surface area contributed by atoms with E-state index in [2.05, 4.69) is 25.5 Å². The Morgan fingerprint density at radius 3 is 2.85 bits per heavy atom. The molecule has 2 heterocycles. The lowest BCUT2D eigenvalue weighted by molar-refractivity contribution is 0.0398. The van der Waals surface area contributed by atoms with Crippen molar-refractivity contribution in [2.45, 2.75) is 6.92 Å². The molecule has 1 amide bonds. The first-order valence-corrected chi connectivity index (χ1v) is 8.93. The SMILES string of the molecule is Cc1ccc(NC(=O)c2cc(NCCN3CCOCC3)ncn2)cc1Cl. The number of aryl methyl sites for hydroxylation is 1. The Hall–Kier alpha value is -2.22. The van der Waals surface area contributed by atoms with Gasteiger partial charge in [-0.1, -0.05) is 17.7 Å². The average molecular weight is 376 g/mol. The lowest BCUT2D eigenvalue weighted by Gasteiger charge is -2.26. The summed E-state index contributed by atoms with van der Waals surface area (Å²) in [6, 6.07) is 7.03. The molecule has 7 nitrogen and oxygen atoms in total. The molecular formula is C18H22ClN5O2. The van der Waals surface area contributed by atoms with Crippen LogP contribution in [0.15, 0.2) is 30.6 Å². The predicted octanol–water partition coefficient (Wildman–Crippen LogP) is 2.43. The van der Waals surface area contributed by atoms with Crippen molar-refractivity contribution in [3.05, 3.63) is 46.9 Å². The Morgan fingerprint density at radius 2 is 2.08 bits per heavy atom. The van der Waals surface area contributed by atoms with Gasteiger partial charge in [-0.05, 0) is 24.6 Å². The van der Waals surface area contributed by atoms with E-state index >= 15 is 0 Å². The number of aromatic nitrogens is 2. The highest BCUT2D eigenvalue weighted by molar-refractivity contribution is 6.31. The van der Waals surface area contributed by atoms with E-state index < -0.39 is 0 Å². The van der Waals surface area contributed by atoms with Crippen molar-refractivity contribution in [1.82, 2.24) is 14.9 Å². The molecule has 1 fully saturated rings. The van der Waals surface area contributed by atoms with Gasteiger partial charge in [-0.3, -0.25) is 9.69 Å². The molecule has 0 atom stereocenters. The van der Waals surface area contributed by atoms with Gasteiger partial charge in [-0.15, -0.1) is 0 Å². The van der Waals surface area contributed by atoms with E-state index in [1.165, 1.54) is 6.33 Å². The number of amides is 1. The molecule has 0 aliphatic carbocycles. The van der Waals surface area contributed by atoms with Gasteiger partial charge in [0.15, 0.2) is 0 Å². The number of anilines is 2. The van der Waals surface area contributed by atoms with E-state index in [-0.39, 0.29) is 5.91 Å². The van der Waals surface area contributed by atoms with Gasteiger partial charge in [0.1, 0.15) is 17.8 Å². The van der Waals surface area contributed by atoms with Crippen molar-refractivity contribution >= 4 is 29.0 Å². The number of hydrogen-bond acceptors (Lipinski definition) is 6. The van der Waals surface area contributed by atoms with Crippen molar-refractivity contribution < 1.29 is 9.53 Å². The van der Waals surface area contributed by atoms with Crippen molar-refractivity contribution in [2.24, 2.45) is 0 Å². The zero-order valence-electron chi connectivity index (χ0n) is 14.7. The minimum absolute atomic E-state index is 0.297. The molecule has 138 valence electrons. The molecule has 0 saturated carbocycles. The summed E-state index contributed by atoms with van der Waals surface area (Å²) in [6.07, 6.45) is 1.38. The first kappa shape index (κ1) is 18.6. The molecule has 1 aromatic carbocycles. The lowest BCUT2D eigenvalue weighted by atomic mass is 10.2. The molecule has 3 rings (SSSR count). The number of hydrogen-bond donors (Lipinski definition) is 2. The Kier molecular flexibility index (Phi) is 6.38. The van der Waals surface area contributed by atoms with Crippen molar-refractivity contribution in [2.75, 3.05) is 50.0 Å². The van der Waals surface area contributed by atoms with E-state index in [4.69, 9.17) is 16.3 Å². The van der Waals surface area contributed by atoms with E-state index in [0.717, 1.165) is 45.0 Å². The number of carbonyl (C=O) groups excluding carboxylic acids is 1. The summed E-state index contributed by atoms with van der Waals surface area (Å²) in [5, 5.41) is 6.64. The van der Waals surface area contributed by atoms with E-state index in [1.807, 2.05) is 19.1 Å². The summed E-state index contributed by atoms with van der Waals surface area (Å²) in [5.41, 5.74) is 1.88. The number of rotatable bonds is 6. The molecule has 8 heteroatoms. The topological polar surface area (TPSA) is 79.4 Å². The van der Waals surface area contributed by atoms with Crippen LogP contribution in [-0.4, -0.2) is 60.2 Å². The molecule has 1 aliphatic heterocycles. The van der Waals surface area contributed by atoms with Crippen LogP contribution in [0, 0.1) is 6.92 Å². The second-order valence-electron chi connectivity index (χ2n) is 6.09. The summed E-state index contributed by atoms with van der Waals surface area (Å²) in [4.78, 5) is 22.9. The zero-order valence-corrected chi connectivity index (χ0v) is 15.4. The Bertz CT molecular complexity index is 765. The Morgan fingerprint density at radius 1 is 1.27 bits per heavy atom. The molecule has 1 aromatic heterocycles. The quantitative estimate of drug-likeness (QED) is 0.807. The van der Waals surface area contributed by atoms with Gasteiger partial charge in [0.2, 0.25) is 0 Å². The summed E-state index contributed by atoms with van der Waals surface area (Å²) in [7, 11) is 0. The average Bonchev–Trinajstić information content (AvgIpc) is 2.66. The normalized spacial score (nSPS) is 14.8. The van der Waals surface area contributed by atoms with Crippen LogP contribution in [0.5, 0.6) is 0 Å². The molecule has 2 aromatic rings. The highest BCUT2D eigenvalue weighted by Crippen LogP contribution is 2.20. The van der Waals surface area contributed by atoms with Crippen molar-refractivity contribution in [3.8, 4) is 0 Å². The summed E-state index contributed by atoms with van der Waals surface area (Å²) < 4.78 is 5.33. The minimum atomic E-state index is -0.302. The van der Waals surface area contributed by atoms with Gasteiger partial charge in [0.25, 0.3) is 5.91 Å². The van der Waals surface area contributed by atoms with Crippen molar-refractivity contribution in [3.63, 3.8) is 0 Å². The molecule has 0 unspecified atom stereocenters. The largest absolute Gasteiger partial charge is 0.379 e. The Balaban J connectivity index is 1.55. The van der Waals surface area contributed by atoms with Crippen LogP contribution < -0.4 is 10.6 Å². The van der Waals surface area contributed by atoms with Gasteiger partial charge in [-0.25, -0.2) is 9.97 Å². The molecule has 0 radical (unpaired) electrons. The van der Waals surface area contributed by atoms with Crippen LogP contribution in [0.3, 0.4) is 0 Å². The van der Waals surface area contributed by atoms with Gasteiger partial charge < -0.3 is 15.4 Å². The summed E-state index contributed by atoms with van der Waals surface area (Å²) in [5.74, 6) is 0.323. The van der Waals surface area contributed by atoms with Gasteiger partial charge in [-0.2, -0.15) is 0 Å². The molecule has 1 aliphatic rings. The van der Waals surface area contributed by atoms with Gasteiger partial charge in [0.05, 0.1) is 13.2 Å². The molecule has 0 spiro atoms. The zero-order chi connectivity index (χ0) is 18.4. The molecule has 26 heavy (non-hydrogen) atoms. The lowest BCUT2D eigenvalue weighted by Crippen LogP contribution is -2.39. The molecular weight excluding hydrogens is 354 g/mol.